The molecular weight excluding hydrogens is 224 g/mol. The number of nitrogens with zero attached hydrogens (tertiary/aromatic N) is 1. The first kappa shape index (κ1) is 14.3. The van der Waals surface area contributed by atoms with Gasteiger partial charge in [-0.1, -0.05) is 19.8 Å². The highest BCUT2D eigenvalue weighted by molar-refractivity contribution is 4.94. The van der Waals surface area contributed by atoms with E-state index in [1.807, 2.05) is 0 Å². The molecule has 2 aliphatic heterocycles. The molecule has 2 unspecified atom stereocenters. The minimum atomic E-state index is 0.748. The molecule has 3 nitrogen and oxygen atoms in total. The van der Waals surface area contributed by atoms with Crippen LogP contribution in [-0.2, 0) is 4.74 Å². The summed E-state index contributed by atoms with van der Waals surface area (Å²) in [7, 11) is 2.11. The van der Waals surface area contributed by atoms with Crippen LogP contribution in [0.15, 0.2) is 0 Å². The molecule has 2 fully saturated rings. The summed E-state index contributed by atoms with van der Waals surface area (Å²) in [6, 6.07) is 2.37. The number of nitrogens with one attached hydrogen (secondary N) is 1. The first-order valence-electron chi connectivity index (χ1n) is 7.86. The number of ether oxygens (including phenoxy) is 1. The maximum absolute atomic E-state index is 5.74. The van der Waals surface area contributed by atoms with Crippen LogP contribution in [0.4, 0.5) is 0 Å². The standard InChI is InChI=1S/C15H30N2O/c1-3-4-9-18-10-8-17-14-6-5-7-15(17)12-13(11-14)16-2/h13-16H,3-12H2,1-2H3. The number of hydrogen-bond acceptors (Lipinski definition) is 3. The molecule has 18 heavy (non-hydrogen) atoms. The smallest absolute Gasteiger partial charge is 0.0593 e. The monoisotopic (exact) mass is 254 g/mol. The number of hydrogen-bond donors (Lipinski definition) is 1. The molecule has 0 aromatic rings. The fourth-order valence-electron chi connectivity index (χ4n) is 3.60. The lowest BCUT2D eigenvalue weighted by Crippen LogP contribution is -2.56. The lowest BCUT2D eigenvalue weighted by atomic mass is 9.82. The Labute approximate surface area is 112 Å². The Morgan fingerprint density at radius 1 is 1.17 bits per heavy atom. The number of rotatable bonds is 7. The lowest BCUT2D eigenvalue weighted by molar-refractivity contribution is 0.000145. The summed E-state index contributed by atoms with van der Waals surface area (Å²) in [5.41, 5.74) is 0. The van der Waals surface area contributed by atoms with Gasteiger partial charge in [-0.25, -0.2) is 0 Å². The summed E-state index contributed by atoms with van der Waals surface area (Å²) < 4.78 is 5.74. The summed E-state index contributed by atoms with van der Waals surface area (Å²) >= 11 is 0. The van der Waals surface area contributed by atoms with Gasteiger partial charge in [-0.15, -0.1) is 0 Å². The average Bonchev–Trinajstić information content (AvgIpc) is 2.37. The highest BCUT2D eigenvalue weighted by atomic mass is 16.5. The van der Waals surface area contributed by atoms with Crippen LogP contribution in [0.3, 0.4) is 0 Å². The van der Waals surface area contributed by atoms with Crippen molar-refractivity contribution >= 4 is 0 Å². The van der Waals surface area contributed by atoms with E-state index in [9.17, 15) is 0 Å². The predicted octanol–water partition coefficient (Wildman–Crippen LogP) is 2.41. The highest BCUT2D eigenvalue weighted by Gasteiger charge is 2.37. The summed E-state index contributed by atoms with van der Waals surface area (Å²) in [4.78, 5) is 2.74. The molecule has 2 heterocycles. The Balaban J connectivity index is 1.74. The molecule has 0 saturated carbocycles. The third-order valence-corrected chi connectivity index (χ3v) is 4.67. The van der Waals surface area contributed by atoms with Gasteiger partial charge in [0.2, 0.25) is 0 Å². The third-order valence-electron chi connectivity index (χ3n) is 4.67. The molecule has 2 saturated heterocycles. The Morgan fingerprint density at radius 2 is 1.89 bits per heavy atom. The zero-order valence-corrected chi connectivity index (χ0v) is 12.2. The van der Waals surface area contributed by atoms with Crippen molar-refractivity contribution in [2.24, 2.45) is 0 Å². The minimum absolute atomic E-state index is 0.748. The molecule has 2 bridgehead atoms. The van der Waals surface area contributed by atoms with Gasteiger partial charge in [0, 0.05) is 31.3 Å². The molecule has 0 amide bonds. The molecule has 0 spiro atoms. The Hall–Kier alpha value is -0.120. The Kier molecular flexibility index (Phi) is 5.93. The molecule has 3 heteroatoms. The molecular formula is C15H30N2O. The van der Waals surface area contributed by atoms with Gasteiger partial charge in [-0.2, -0.15) is 0 Å². The molecule has 2 rings (SSSR count). The van der Waals surface area contributed by atoms with Crippen molar-refractivity contribution in [3.8, 4) is 0 Å². The van der Waals surface area contributed by atoms with E-state index in [-0.39, 0.29) is 0 Å². The quantitative estimate of drug-likeness (QED) is 0.706. The van der Waals surface area contributed by atoms with E-state index in [1.54, 1.807) is 0 Å². The maximum atomic E-state index is 5.74. The molecule has 106 valence electrons. The van der Waals surface area contributed by atoms with Crippen molar-refractivity contribution in [3.63, 3.8) is 0 Å². The van der Waals surface area contributed by atoms with Crippen molar-refractivity contribution in [1.29, 1.82) is 0 Å². The second kappa shape index (κ2) is 7.46. The van der Waals surface area contributed by atoms with E-state index < -0.39 is 0 Å². The Bertz CT molecular complexity index is 221. The van der Waals surface area contributed by atoms with E-state index in [2.05, 4.69) is 24.2 Å². The topological polar surface area (TPSA) is 24.5 Å². The van der Waals surface area contributed by atoms with Gasteiger partial charge in [0.05, 0.1) is 6.61 Å². The van der Waals surface area contributed by atoms with Gasteiger partial charge < -0.3 is 10.1 Å². The third kappa shape index (κ3) is 3.69. The van der Waals surface area contributed by atoms with Crippen LogP contribution in [-0.4, -0.2) is 49.8 Å². The molecule has 1 N–H and O–H groups in total. The molecule has 2 atom stereocenters. The second-order valence-electron chi connectivity index (χ2n) is 5.90. The number of fused-ring (bicyclic) bond motifs is 2. The zero-order chi connectivity index (χ0) is 12.8. The number of piperidine rings is 2. The van der Waals surface area contributed by atoms with Crippen molar-refractivity contribution < 1.29 is 4.74 Å². The normalized spacial score (nSPS) is 32.7. The van der Waals surface area contributed by atoms with Gasteiger partial charge in [0.1, 0.15) is 0 Å². The molecule has 0 aromatic carbocycles. The summed E-state index contributed by atoms with van der Waals surface area (Å²) in [5, 5.41) is 3.48. The average molecular weight is 254 g/mol. The van der Waals surface area contributed by atoms with Gasteiger partial charge in [0.15, 0.2) is 0 Å². The van der Waals surface area contributed by atoms with Crippen molar-refractivity contribution in [2.45, 2.75) is 70.0 Å². The van der Waals surface area contributed by atoms with E-state index in [0.29, 0.717) is 0 Å². The van der Waals surface area contributed by atoms with Crippen LogP contribution >= 0.6 is 0 Å². The van der Waals surface area contributed by atoms with Crippen molar-refractivity contribution in [3.05, 3.63) is 0 Å². The van der Waals surface area contributed by atoms with Crippen LogP contribution in [0.5, 0.6) is 0 Å². The van der Waals surface area contributed by atoms with E-state index in [1.165, 1.54) is 44.9 Å². The van der Waals surface area contributed by atoms with E-state index in [4.69, 9.17) is 4.74 Å². The largest absolute Gasteiger partial charge is 0.380 e. The van der Waals surface area contributed by atoms with Gasteiger partial charge in [0.25, 0.3) is 0 Å². The fourth-order valence-corrected chi connectivity index (χ4v) is 3.60. The van der Waals surface area contributed by atoms with E-state index >= 15 is 0 Å². The van der Waals surface area contributed by atoms with Gasteiger partial charge >= 0.3 is 0 Å². The van der Waals surface area contributed by atoms with Crippen LogP contribution in [0.1, 0.15) is 51.9 Å². The summed E-state index contributed by atoms with van der Waals surface area (Å²) in [5.74, 6) is 0. The molecule has 0 radical (unpaired) electrons. The van der Waals surface area contributed by atoms with Crippen LogP contribution in [0, 0.1) is 0 Å². The SMILES string of the molecule is CCCCOCCN1C2CCCC1CC(NC)C2. The van der Waals surface area contributed by atoms with Gasteiger partial charge in [-0.3, -0.25) is 4.90 Å². The van der Waals surface area contributed by atoms with Crippen molar-refractivity contribution in [2.75, 3.05) is 26.8 Å². The molecule has 0 aliphatic carbocycles. The second-order valence-corrected chi connectivity index (χ2v) is 5.90. The maximum Gasteiger partial charge on any atom is 0.0593 e. The summed E-state index contributed by atoms with van der Waals surface area (Å²) in [6.45, 7) is 5.24. The zero-order valence-electron chi connectivity index (χ0n) is 12.2. The van der Waals surface area contributed by atoms with Crippen LogP contribution < -0.4 is 5.32 Å². The molecule has 2 aliphatic rings. The Morgan fingerprint density at radius 3 is 2.50 bits per heavy atom. The predicted molar refractivity (Wildman–Crippen MR) is 75.9 cm³/mol. The summed E-state index contributed by atoms with van der Waals surface area (Å²) in [6.07, 6.45) is 9.32. The first-order chi connectivity index (χ1) is 8.85. The minimum Gasteiger partial charge on any atom is -0.380 e. The van der Waals surface area contributed by atoms with E-state index in [0.717, 1.165) is 37.9 Å². The number of unbranched alkanes of at least 4 members (excludes halogenated alkanes) is 1. The van der Waals surface area contributed by atoms with Crippen LogP contribution in [0.25, 0.3) is 0 Å². The fraction of sp³-hybridized carbons (Fsp3) is 1.00. The van der Waals surface area contributed by atoms with Crippen molar-refractivity contribution in [1.82, 2.24) is 10.2 Å². The van der Waals surface area contributed by atoms with Crippen LogP contribution in [0.2, 0.25) is 0 Å². The lowest BCUT2D eigenvalue weighted by Gasteiger charge is -2.49. The molecule has 0 aromatic heterocycles. The first-order valence-corrected chi connectivity index (χ1v) is 7.86. The van der Waals surface area contributed by atoms with Gasteiger partial charge in [-0.05, 0) is 39.2 Å². The highest BCUT2D eigenvalue weighted by Crippen LogP contribution is 2.33.